The van der Waals surface area contributed by atoms with Crippen LogP contribution in [0.3, 0.4) is 0 Å². The third-order valence-electron chi connectivity index (χ3n) is 7.56. The summed E-state index contributed by atoms with van der Waals surface area (Å²) in [5.74, 6) is 1.46. The van der Waals surface area contributed by atoms with E-state index in [4.69, 9.17) is 9.47 Å². The molecule has 0 spiro atoms. The lowest BCUT2D eigenvalue weighted by atomic mass is 10.0. The van der Waals surface area contributed by atoms with E-state index in [1.807, 2.05) is 45.0 Å². The van der Waals surface area contributed by atoms with Crippen LogP contribution in [0, 0.1) is 0 Å². The second-order valence-corrected chi connectivity index (χ2v) is 10.4. The maximum Gasteiger partial charge on any atom is 0.319 e. The highest BCUT2D eigenvalue weighted by atomic mass is 16.5. The summed E-state index contributed by atoms with van der Waals surface area (Å²) in [5, 5.41) is 12.2. The summed E-state index contributed by atoms with van der Waals surface area (Å²) < 4.78 is 11.9. The number of piperidine rings is 1. The van der Waals surface area contributed by atoms with Crippen LogP contribution < -0.4 is 35.6 Å². The van der Waals surface area contributed by atoms with Gasteiger partial charge in [-0.2, -0.15) is 0 Å². The molecule has 0 atom stereocenters. The monoisotopic (exact) mass is 573 g/mol. The number of hydrogen-bond donors (Lipinski definition) is 4. The van der Waals surface area contributed by atoms with E-state index < -0.39 is 0 Å². The molecule has 4 rings (SSSR count). The van der Waals surface area contributed by atoms with Gasteiger partial charge in [-0.15, -0.1) is 0 Å². The quantitative estimate of drug-likeness (QED) is 0.194. The van der Waals surface area contributed by atoms with E-state index >= 15 is 0 Å². The summed E-state index contributed by atoms with van der Waals surface area (Å²) in [4.78, 5) is 27.5. The summed E-state index contributed by atoms with van der Waals surface area (Å²) >= 11 is 0. The molecular formula is C33H43N5O4. The van der Waals surface area contributed by atoms with Crippen LogP contribution in [0.4, 0.5) is 21.9 Å². The van der Waals surface area contributed by atoms with Gasteiger partial charge in [-0.25, -0.2) is 4.79 Å². The largest absolute Gasteiger partial charge is 0.490 e. The van der Waals surface area contributed by atoms with Gasteiger partial charge in [0.15, 0.2) is 11.5 Å². The van der Waals surface area contributed by atoms with Crippen LogP contribution in [-0.2, 0) is 0 Å². The number of benzene rings is 3. The number of carbonyl (C=O) groups is 2. The lowest BCUT2D eigenvalue weighted by Crippen LogP contribution is -2.41. The highest BCUT2D eigenvalue weighted by Gasteiger charge is 2.18. The number of anilines is 3. The molecule has 1 aliphatic heterocycles. The van der Waals surface area contributed by atoms with Gasteiger partial charge in [0, 0.05) is 47.8 Å². The van der Waals surface area contributed by atoms with Gasteiger partial charge >= 0.3 is 6.03 Å². The fourth-order valence-corrected chi connectivity index (χ4v) is 4.97. The summed E-state index contributed by atoms with van der Waals surface area (Å²) in [7, 11) is 2.12. The molecule has 1 fully saturated rings. The molecule has 0 saturated carbocycles. The maximum absolute atomic E-state index is 12.9. The minimum atomic E-state index is -0.252. The minimum Gasteiger partial charge on any atom is -0.490 e. The van der Waals surface area contributed by atoms with Crippen molar-refractivity contribution in [1.82, 2.24) is 10.6 Å². The van der Waals surface area contributed by atoms with Gasteiger partial charge in [-0.05, 0) is 106 Å². The Hall–Kier alpha value is -4.24. The number of nitrogens with one attached hydrogen (secondary N) is 4. The van der Waals surface area contributed by atoms with Crippen molar-refractivity contribution >= 4 is 29.0 Å². The summed E-state index contributed by atoms with van der Waals surface area (Å²) in [6.07, 6.45) is 3.97. The molecule has 224 valence electrons. The number of urea groups is 1. The molecule has 9 heteroatoms. The van der Waals surface area contributed by atoms with Crippen molar-refractivity contribution < 1.29 is 19.1 Å². The fraction of sp³-hybridized carbons (Fsp3) is 0.394. The van der Waals surface area contributed by atoms with Crippen molar-refractivity contribution in [3.8, 4) is 17.2 Å². The molecule has 3 amide bonds. The zero-order valence-electron chi connectivity index (χ0n) is 25.0. The normalized spacial score (nSPS) is 13.4. The highest BCUT2D eigenvalue weighted by molar-refractivity contribution is 6.04. The van der Waals surface area contributed by atoms with Gasteiger partial charge in [-0.1, -0.05) is 13.8 Å². The first-order valence-electron chi connectivity index (χ1n) is 14.9. The molecule has 1 saturated heterocycles. The molecule has 9 nitrogen and oxygen atoms in total. The van der Waals surface area contributed by atoms with Crippen molar-refractivity contribution in [3.63, 3.8) is 0 Å². The summed E-state index contributed by atoms with van der Waals surface area (Å²) in [6, 6.07) is 20.6. The molecule has 0 unspecified atom stereocenters. The van der Waals surface area contributed by atoms with Crippen LogP contribution >= 0.6 is 0 Å². The molecule has 0 aliphatic carbocycles. The smallest absolute Gasteiger partial charge is 0.319 e. The van der Waals surface area contributed by atoms with Gasteiger partial charge < -0.3 is 35.6 Å². The Morgan fingerprint density at radius 3 is 2.19 bits per heavy atom. The Bertz CT molecular complexity index is 1300. The third kappa shape index (κ3) is 8.39. The van der Waals surface area contributed by atoms with Crippen LogP contribution in [0.2, 0.25) is 0 Å². The van der Waals surface area contributed by atoms with Crippen molar-refractivity contribution in [2.24, 2.45) is 0 Å². The fourth-order valence-electron chi connectivity index (χ4n) is 4.97. The van der Waals surface area contributed by atoms with E-state index in [2.05, 4.69) is 33.2 Å². The van der Waals surface area contributed by atoms with E-state index in [1.54, 1.807) is 42.5 Å². The number of carbonyl (C=O) groups excluding carboxylic acids is 2. The first-order valence-corrected chi connectivity index (χ1v) is 14.9. The molecule has 0 radical (unpaired) electrons. The van der Waals surface area contributed by atoms with Crippen LogP contribution in [0.1, 0.15) is 56.8 Å². The minimum absolute atomic E-state index is 0.128. The van der Waals surface area contributed by atoms with Crippen molar-refractivity contribution in [3.05, 3.63) is 72.3 Å². The van der Waals surface area contributed by atoms with E-state index in [0.29, 0.717) is 46.8 Å². The SMILES string of the molecule is CCOc1cc(NC(=O)NC(CC)CC)ccc1Oc1ccc(NC(=O)c2ccc(N(C)C3CCNCC3)cc2)cc1. The lowest BCUT2D eigenvalue weighted by Gasteiger charge is -2.33. The molecule has 1 heterocycles. The second kappa shape index (κ2) is 15.1. The molecule has 42 heavy (non-hydrogen) atoms. The first-order chi connectivity index (χ1) is 20.4. The number of hydrogen-bond acceptors (Lipinski definition) is 6. The molecule has 3 aromatic rings. The van der Waals surface area contributed by atoms with Crippen LogP contribution in [0.25, 0.3) is 0 Å². The number of amides is 3. The molecule has 0 aromatic heterocycles. The lowest BCUT2D eigenvalue weighted by molar-refractivity contribution is 0.102. The van der Waals surface area contributed by atoms with Gasteiger partial charge in [0.2, 0.25) is 0 Å². The maximum atomic E-state index is 12.9. The van der Waals surface area contributed by atoms with Crippen LogP contribution in [0.15, 0.2) is 66.7 Å². The van der Waals surface area contributed by atoms with E-state index in [-0.39, 0.29) is 18.0 Å². The Morgan fingerprint density at radius 2 is 1.55 bits per heavy atom. The van der Waals surface area contributed by atoms with Gasteiger partial charge in [0.05, 0.1) is 6.61 Å². The van der Waals surface area contributed by atoms with E-state index in [9.17, 15) is 9.59 Å². The molecule has 0 bridgehead atoms. The van der Waals surface area contributed by atoms with Gasteiger partial charge in [-0.3, -0.25) is 4.79 Å². The van der Waals surface area contributed by atoms with Gasteiger partial charge in [0.1, 0.15) is 5.75 Å². The Balaban J connectivity index is 1.35. The van der Waals surface area contributed by atoms with Crippen molar-refractivity contribution in [1.29, 1.82) is 0 Å². The predicted molar refractivity (Wildman–Crippen MR) is 169 cm³/mol. The molecule has 4 N–H and O–H groups in total. The topological polar surface area (TPSA) is 104 Å². The van der Waals surface area contributed by atoms with Crippen molar-refractivity contribution in [2.45, 2.75) is 58.5 Å². The molecule has 3 aromatic carbocycles. The Labute approximate surface area is 249 Å². The number of ether oxygens (including phenoxy) is 2. The van der Waals surface area contributed by atoms with E-state index in [0.717, 1.165) is 44.5 Å². The van der Waals surface area contributed by atoms with Crippen molar-refractivity contribution in [2.75, 3.05) is 42.3 Å². The number of rotatable bonds is 12. The Morgan fingerprint density at radius 1 is 0.881 bits per heavy atom. The zero-order chi connectivity index (χ0) is 29.9. The Kier molecular flexibility index (Phi) is 11.1. The van der Waals surface area contributed by atoms with Crippen LogP contribution in [-0.4, -0.2) is 50.8 Å². The highest BCUT2D eigenvalue weighted by Crippen LogP contribution is 2.34. The standard InChI is InChI=1S/C33H43N5O4/c1-5-24(6-2)36-33(40)37-26-12-17-30(31(22-26)41-7-3)42-29-15-10-25(11-16-29)35-32(39)23-8-13-27(14-9-23)38(4)28-18-20-34-21-19-28/h8-17,22,24,28,34H,5-7,18-21H2,1-4H3,(H,35,39)(H2,36,37,40). The molecular weight excluding hydrogens is 530 g/mol. The molecule has 1 aliphatic rings. The third-order valence-corrected chi connectivity index (χ3v) is 7.56. The van der Waals surface area contributed by atoms with Gasteiger partial charge in [0.25, 0.3) is 5.91 Å². The summed E-state index contributed by atoms with van der Waals surface area (Å²) in [6.45, 7) is 8.50. The van der Waals surface area contributed by atoms with E-state index in [1.165, 1.54) is 0 Å². The zero-order valence-corrected chi connectivity index (χ0v) is 25.0. The first kappa shape index (κ1) is 30.7. The second-order valence-electron chi connectivity index (χ2n) is 10.4. The van der Waals surface area contributed by atoms with Crippen LogP contribution in [0.5, 0.6) is 17.2 Å². The number of nitrogens with zero attached hydrogens (tertiary/aromatic N) is 1. The average molecular weight is 574 g/mol. The predicted octanol–water partition coefficient (Wildman–Crippen LogP) is 6.63. The average Bonchev–Trinajstić information content (AvgIpc) is 3.02. The summed E-state index contributed by atoms with van der Waals surface area (Å²) in [5.41, 5.74) is 2.98.